The normalized spacial score (nSPS) is 15.9. The van der Waals surface area contributed by atoms with E-state index in [0.29, 0.717) is 10.0 Å². The summed E-state index contributed by atoms with van der Waals surface area (Å²) in [6, 6.07) is 14.0. The van der Waals surface area contributed by atoms with Crippen LogP contribution in [-0.4, -0.2) is 29.3 Å². The summed E-state index contributed by atoms with van der Waals surface area (Å²) >= 11 is 13.7. The Bertz CT molecular complexity index is 834. The van der Waals surface area contributed by atoms with Crippen molar-refractivity contribution in [2.45, 2.75) is 44.3 Å². The Morgan fingerprint density at radius 3 is 2.47 bits per heavy atom. The molecule has 2 aromatic rings. The maximum absolute atomic E-state index is 10.6. The van der Waals surface area contributed by atoms with Gasteiger partial charge in [0.2, 0.25) is 0 Å². The lowest BCUT2D eigenvalue weighted by Gasteiger charge is -2.36. The lowest BCUT2D eigenvalue weighted by atomic mass is 9.90. The Morgan fingerprint density at radius 2 is 1.80 bits per heavy atom. The van der Waals surface area contributed by atoms with Gasteiger partial charge in [0.1, 0.15) is 0 Å². The number of benzene rings is 2. The molecule has 7 heteroatoms. The fraction of sp³-hybridized carbons (Fsp3) is 0.478. The molecule has 0 aliphatic carbocycles. The predicted octanol–water partition coefficient (Wildman–Crippen LogP) is 7.57. The van der Waals surface area contributed by atoms with Crippen LogP contribution < -0.4 is 5.32 Å². The third-order valence-electron chi connectivity index (χ3n) is 5.60. The number of piperidine rings is 1. The molecule has 1 aliphatic rings. The number of nitrogens with zero attached hydrogens (tertiary/aromatic N) is 2. The summed E-state index contributed by atoms with van der Waals surface area (Å²) < 4.78 is 2.90. The lowest BCUT2D eigenvalue weighted by Crippen LogP contribution is -2.41. The number of rotatable bonds is 9. The molecule has 1 aliphatic heterocycles. The van der Waals surface area contributed by atoms with Gasteiger partial charge in [0.05, 0.1) is 15.7 Å². The minimum absolute atomic E-state index is 0.118. The number of halogens is 2. The van der Waals surface area contributed by atoms with Crippen LogP contribution >= 0.6 is 35.1 Å². The second-order valence-corrected chi connectivity index (χ2v) is 10.9. The molecule has 162 valence electrons. The minimum Gasteiger partial charge on any atom is -0.353 e. The van der Waals surface area contributed by atoms with E-state index in [2.05, 4.69) is 46.8 Å². The fourth-order valence-electron chi connectivity index (χ4n) is 4.04. The van der Waals surface area contributed by atoms with Gasteiger partial charge in [-0.15, -0.1) is 4.91 Å². The summed E-state index contributed by atoms with van der Waals surface area (Å²) in [5.41, 5.74) is 3.07. The van der Waals surface area contributed by atoms with Gasteiger partial charge < -0.3 is 10.2 Å². The highest BCUT2D eigenvalue weighted by Crippen LogP contribution is 2.33. The third kappa shape index (κ3) is 6.88. The number of likely N-dealkylation sites (tertiary alicyclic amines) is 1. The topological polar surface area (TPSA) is 44.7 Å². The molecule has 0 atom stereocenters. The molecule has 0 saturated carbocycles. The van der Waals surface area contributed by atoms with E-state index in [1.165, 1.54) is 24.8 Å². The monoisotopic (exact) mass is 465 g/mol. The molecular formula is C23H29Cl2N3OS. The second kappa shape index (κ2) is 10.9. The molecule has 0 amide bonds. The molecule has 0 aromatic heterocycles. The van der Waals surface area contributed by atoms with Gasteiger partial charge in [0.25, 0.3) is 0 Å². The van der Waals surface area contributed by atoms with E-state index in [0.717, 1.165) is 55.3 Å². The van der Waals surface area contributed by atoms with Crippen LogP contribution in [0.2, 0.25) is 10.0 Å². The van der Waals surface area contributed by atoms with Crippen LogP contribution in [-0.2, 0) is 6.42 Å². The van der Waals surface area contributed by atoms with E-state index >= 15 is 0 Å². The molecular weight excluding hydrogens is 437 g/mol. The average molecular weight is 466 g/mol. The molecule has 4 nitrogen and oxygen atoms in total. The molecule has 0 unspecified atom stereocenters. The number of hydrogen-bond donors (Lipinski definition) is 1. The highest BCUT2D eigenvalue weighted by molar-refractivity contribution is 7.99. The summed E-state index contributed by atoms with van der Waals surface area (Å²) in [5, 5.41) is 4.59. The maximum Gasteiger partial charge on any atom is 0.0762 e. The largest absolute Gasteiger partial charge is 0.353 e. The van der Waals surface area contributed by atoms with Crippen molar-refractivity contribution < 1.29 is 0 Å². The summed E-state index contributed by atoms with van der Waals surface area (Å²) in [5.74, 6) is 0.746. The van der Waals surface area contributed by atoms with E-state index in [1.54, 1.807) is 0 Å². The van der Waals surface area contributed by atoms with Crippen LogP contribution in [0.3, 0.4) is 0 Å². The highest BCUT2D eigenvalue weighted by atomic mass is 35.5. The molecule has 30 heavy (non-hydrogen) atoms. The van der Waals surface area contributed by atoms with E-state index in [1.807, 2.05) is 24.3 Å². The van der Waals surface area contributed by atoms with Crippen LogP contribution in [0, 0.1) is 10.8 Å². The molecule has 3 rings (SSSR count). The molecule has 1 heterocycles. The number of nitrogens with one attached hydrogen (secondary N) is 1. The van der Waals surface area contributed by atoms with E-state index in [-0.39, 0.29) is 4.75 Å². The highest BCUT2D eigenvalue weighted by Gasteiger charge is 2.27. The fourth-order valence-corrected chi connectivity index (χ4v) is 4.97. The maximum atomic E-state index is 10.6. The Hall–Kier alpha value is -1.27. The average Bonchev–Trinajstić information content (AvgIpc) is 2.70. The molecule has 0 spiro atoms. The first-order valence-electron chi connectivity index (χ1n) is 10.4. The van der Waals surface area contributed by atoms with Crippen LogP contribution in [0.25, 0.3) is 0 Å². The van der Waals surface area contributed by atoms with Gasteiger partial charge in [0.15, 0.2) is 0 Å². The number of anilines is 2. The predicted molar refractivity (Wildman–Crippen MR) is 131 cm³/mol. The lowest BCUT2D eigenvalue weighted by molar-refractivity contribution is 0.170. The first-order valence-corrected chi connectivity index (χ1v) is 11.9. The van der Waals surface area contributed by atoms with E-state index < -0.39 is 0 Å². The summed E-state index contributed by atoms with van der Waals surface area (Å²) in [6.07, 6.45) is 4.68. The van der Waals surface area contributed by atoms with Crippen molar-refractivity contribution in [2.24, 2.45) is 10.5 Å². The van der Waals surface area contributed by atoms with Crippen molar-refractivity contribution in [2.75, 3.05) is 25.0 Å². The standard InChI is InChI=1S/C23H29Cl2N3OS/c1-23(2,30-27-29)16-28-13-11-17(12-14-28)9-10-18-5-3-6-19(15-18)26-22-20(24)7-4-8-21(22)25/h3-8,15,17,26H,9-14,16H2,1-2H3. The van der Waals surface area contributed by atoms with Crippen LogP contribution in [0.1, 0.15) is 38.7 Å². The van der Waals surface area contributed by atoms with Gasteiger partial charge in [-0.25, -0.2) is 0 Å². The Morgan fingerprint density at radius 1 is 1.13 bits per heavy atom. The number of para-hydroxylation sites is 1. The van der Waals surface area contributed by atoms with E-state index in [9.17, 15) is 4.91 Å². The number of aryl methyl sites for hydroxylation is 1. The second-order valence-electron chi connectivity index (χ2n) is 8.61. The Balaban J connectivity index is 1.49. The Labute approximate surface area is 193 Å². The van der Waals surface area contributed by atoms with Crippen molar-refractivity contribution in [3.05, 3.63) is 63.0 Å². The zero-order valence-electron chi connectivity index (χ0n) is 17.5. The number of hydrogen-bond acceptors (Lipinski definition) is 5. The molecule has 0 bridgehead atoms. The van der Waals surface area contributed by atoms with Gasteiger partial charge >= 0.3 is 0 Å². The first-order chi connectivity index (χ1) is 14.4. The summed E-state index contributed by atoms with van der Waals surface area (Å²) in [7, 11) is 0. The SMILES string of the molecule is CC(C)(CN1CCC(CCc2cccc(Nc3c(Cl)cccc3Cl)c2)CC1)SN=O. The van der Waals surface area contributed by atoms with Crippen molar-refractivity contribution in [3.8, 4) is 0 Å². The van der Waals surface area contributed by atoms with Crippen molar-refractivity contribution in [1.29, 1.82) is 0 Å². The van der Waals surface area contributed by atoms with E-state index in [4.69, 9.17) is 23.2 Å². The molecule has 1 saturated heterocycles. The van der Waals surface area contributed by atoms with Gasteiger partial charge in [-0.2, -0.15) is 0 Å². The quantitative estimate of drug-likeness (QED) is 0.306. The van der Waals surface area contributed by atoms with Crippen LogP contribution in [0.5, 0.6) is 0 Å². The van der Waals surface area contributed by atoms with Crippen molar-refractivity contribution >= 4 is 46.5 Å². The van der Waals surface area contributed by atoms with Crippen molar-refractivity contribution in [1.82, 2.24) is 4.90 Å². The minimum atomic E-state index is -0.118. The Kier molecular flexibility index (Phi) is 8.46. The van der Waals surface area contributed by atoms with Crippen LogP contribution in [0.15, 0.2) is 47.0 Å². The molecule has 0 radical (unpaired) electrons. The van der Waals surface area contributed by atoms with Crippen molar-refractivity contribution in [3.63, 3.8) is 0 Å². The zero-order valence-corrected chi connectivity index (χ0v) is 19.9. The van der Waals surface area contributed by atoms with Gasteiger partial charge in [-0.3, -0.25) is 0 Å². The third-order valence-corrected chi connectivity index (χ3v) is 6.92. The van der Waals surface area contributed by atoms with Gasteiger partial charge in [0, 0.05) is 33.5 Å². The zero-order chi connectivity index (χ0) is 21.6. The smallest absolute Gasteiger partial charge is 0.0762 e. The number of nitroso groups, excluding NO2 is 1. The van der Waals surface area contributed by atoms with Gasteiger partial charge in [-0.05, 0) is 88.4 Å². The summed E-state index contributed by atoms with van der Waals surface area (Å²) in [6.45, 7) is 7.28. The molecule has 1 fully saturated rings. The van der Waals surface area contributed by atoms with Crippen LogP contribution in [0.4, 0.5) is 11.4 Å². The summed E-state index contributed by atoms with van der Waals surface area (Å²) in [4.78, 5) is 13.0. The first kappa shape index (κ1) is 23.4. The molecule has 2 aromatic carbocycles. The molecule has 1 N–H and O–H groups in total. The van der Waals surface area contributed by atoms with Gasteiger partial charge in [-0.1, -0.05) is 41.4 Å².